The SMILES string of the molecule is CCN(CC)C(=O)CCNC(=O)c1n[nH]c2ccccc12. The van der Waals surface area contributed by atoms with Gasteiger partial charge in [0, 0.05) is 31.4 Å². The van der Waals surface area contributed by atoms with Gasteiger partial charge in [-0.2, -0.15) is 5.10 Å². The molecule has 2 amide bonds. The van der Waals surface area contributed by atoms with Gasteiger partial charge >= 0.3 is 0 Å². The molecule has 0 bridgehead atoms. The fourth-order valence-corrected chi connectivity index (χ4v) is 2.24. The molecule has 0 atom stereocenters. The van der Waals surface area contributed by atoms with Crippen LogP contribution in [-0.4, -0.2) is 46.5 Å². The Labute approximate surface area is 123 Å². The van der Waals surface area contributed by atoms with Crippen molar-refractivity contribution in [2.45, 2.75) is 20.3 Å². The molecule has 0 fully saturated rings. The number of carbonyl (C=O) groups excluding carboxylic acids is 2. The van der Waals surface area contributed by atoms with E-state index < -0.39 is 0 Å². The van der Waals surface area contributed by atoms with Gasteiger partial charge in [0.1, 0.15) is 0 Å². The Bertz CT molecular complexity index is 631. The molecule has 6 nitrogen and oxygen atoms in total. The van der Waals surface area contributed by atoms with E-state index in [0.717, 1.165) is 10.9 Å². The first kappa shape index (κ1) is 15.0. The molecule has 2 rings (SSSR count). The van der Waals surface area contributed by atoms with Crippen LogP contribution in [0.1, 0.15) is 30.8 Å². The molecule has 0 saturated carbocycles. The molecule has 0 aliphatic rings. The molecular formula is C15H20N4O2. The molecule has 6 heteroatoms. The largest absolute Gasteiger partial charge is 0.350 e. The number of rotatable bonds is 6. The summed E-state index contributed by atoms with van der Waals surface area (Å²) in [4.78, 5) is 25.7. The zero-order chi connectivity index (χ0) is 15.2. The van der Waals surface area contributed by atoms with Crippen LogP contribution in [0.4, 0.5) is 0 Å². The lowest BCUT2D eigenvalue weighted by atomic mass is 10.2. The maximum Gasteiger partial charge on any atom is 0.272 e. The average molecular weight is 288 g/mol. The van der Waals surface area contributed by atoms with Crippen LogP contribution in [0.3, 0.4) is 0 Å². The maximum absolute atomic E-state index is 12.1. The number of aromatic amines is 1. The van der Waals surface area contributed by atoms with Crippen LogP contribution in [0, 0.1) is 0 Å². The van der Waals surface area contributed by atoms with E-state index in [0.29, 0.717) is 31.7 Å². The molecule has 2 N–H and O–H groups in total. The number of benzene rings is 1. The molecule has 0 aliphatic carbocycles. The van der Waals surface area contributed by atoms with Crippen molar-refractivity contribution in [2.24, 2.45) is 0 Å². The number of carbonyl (C=O) groups is 2. The van der Waals surface area contributed by atoms with E-state index in [2.05, 4.69) is 15.5 Å². The van der Waals surface area contributed by atoms with E-state index in [1.165, 1.54) is 0 Å². The zero-order valence-corrected chi connectivity index (χ0v) is 12.3. The van der Waals surface area contributed by atoms with Gasteiger partial charge in [0.2, 0.25) is 5.91 Å². The second kappa shape index (κ2) is 6.88. The standard InChI is InChI=1S/C15H20N4O2/c1-3-19(4-2)13(20)9-10-16-15(21)14-11-7-5-6-8-12(11)17-18-14/h5-8H,3-4,9-10H2,1-2H3,(H,16,21)(H,17,18). The predicted molar refractivity (Wildman–Crippen MR) is 81.0 cm³/mol. The molecule has 1 aromatic heterocycles. The number of hydrogen-bond acceptors (Lipinski definition) is 3. The number of hydrogen-bond donors (Lipinski definition) is 2. The second-order valence-electron chi connectivity index (χ2n) is 4.69. The van der Waals surface area contributed by atoms with Crippen molar-refractivity contribution in [2.75, 3.05) is 19.6 Å². The van der Waals surface area contributed by atoms with Gasteiger partial charge in [0.25, 0.3) is 5.91 Å². The van der Waals surface area contributed by atoms with Crippen molar-refractivity contribution in [3.63, 3.8) is 0 Å². The minimum Gasteiger partial charge on any atom is -0.350 e. The smallest absolute Gasteiger partial charge is 0.272 e. The fourth-order valence-electron chi connectivity index (χ4n) is 2.24. The summed E-state index contributed by atoms with van der Waals surface area (Å²) in [6.07, 6.45) is 0.301. The van der Waals surface area contributed by atoms with Gasteiger partial charge in [-0.1, -0.05) is 18.2 Å². The monoisotopic (exact) mass is 288 g/mol. The molecule has 1 aromatic carbocycles. The first-order chi connectivity index (χ1) is 10.2. The number of amides is 2. The zero-order valence-electron chi connectivity index (χ0n) is 12.3. The minimum atomic E-state index is -0.264. The first-order valence-corrected chi connectivity index (χ1v) is 7.16. The number of fused-ring (bicyclic) bond motifs is 1. The van der Waals surface area contributed by atoms with Crippen molar-refractivity contribution < 1.29 is 9.59 Å². The van der Waals surface area contributed by atoms with Gasteiger partial charge in [-0.15, -0.1) is 0 Å². The molecule has 0 aliphatic heterocycles. The Morgan fingerprint density at radius 1 is 1.24 bits per heavy atom. The normalized spacial score (nSPS) is 10.6. The number of para-hydroxylation sites is 1. The Morgan fingerprint density at radius 3 is 2.67 bits per heavy atom. The summed E-state index contributed by atoms with van der Waals surface area (Å²) < 4.78 is 0. The predicted octanol–water partition coefficient (Wildman–Crippen LogP) is 1.55. The van der Waals surface area contributed by atoms with Crippen LogP contribution in [0.25, 0.3) is 10.9 Å². The van der Waals surface area contributed by atoms with Gasteiger partial charge in [0.05, 0.1) is 5.52 Å². The summed E-state index contributed by atoms with van der Waals surface area (Å²) >= 11 is 0. The molecule has 0 unspecified atom stereocenters. The molecule has 0 radical (unpaired) electrons. The Hall–Kier alpha value is -2.37. The van der Waals surface area contributed by atoms with E-state index in [1.54, 1.807) is 4.90 Å². The highest BCUT2D eigenvalue weighted by Crippen LogP contribution is 2.14. The number of aromatic nitrogens is 2. The Kier molecular flexibility index (Phi) is 4.92. The fraction of sp³-hybridized carbons (Fsp3) is 0.400. The van der Waals surface area contributed by atoms with Crippen molar-refractivity contribution in [3.8, 4) is 0 Å². The van der Waals surface area contributed by atoms with E-state index in [9.17, 15) is 9.59 Å². The van der Waals surface area contributed by atoms with E-state index >= 15 is 0 Å². The first-order valence-electron chi connectivity index (χ1n) is 7.16. The summed E-state index contributed by atoms with van der Waals surface area (Å²) in [5.74, 6) is -0.216. The van der Waals surface area contributed by atoms with Gasteiger partial charge in [-0.25, -0.2) is 0 Å². The summed E-state index contributed by atoms with van der Waals surface area (Å²) in [5.41, 5.74) is 1.18. The molecular weight excluding hydrogens is 268 g/mol. The van der Waals surface area contributed by atoms with Crippen molar-refractivity contribution in [1.29, 1.82) is 0 Å². The van der Waals surface area contributed by atoms with E-state index in [4.69, 9.17) is 0 Å². The quantitative estimate of drug-likeness (QED) is 0.846. The summed E-state index contributed by atoms with van der Waals surface area (Å²) in [5, 5.41) is 10.4. The average Bonchev–Trinajstić information content (AvgIpc) is 2.92. The van der Waals surface area contributed by atoms with Crippen LogP contribution in [0.15, 0.2) is 24.3 Å². The van der Waals surface area contributed by atoms with Gasteiger partial charge in [-0.05, 0) is 19.9 Å². The maximum atomic E-state index is 12.1. The van der Waals surface area contributed by atoms with Gasteiger partial charge in [0.15, 0.2) is 5.69 Å². The number of H-pyrrole nitrogens is 1. The second-order valence-corrected chi connectivity index (χ2v) is 4.69. The lowest BCUT2D eigenvalue weighted by molar-refractivity contribution is -0.130. The van der Waals surface area contributed by atoms with Crippen LogP contribution in [-0.2, 0) is 4.79 Å². The number of nitrogens with zero attached hydrogens (tertiary/aromatic N) is 2. The summed E-state index contributed by atoms with van der Waals surface area (Å²) in [6, 6.07) is 7.45. The lowest BCUT2D eigenvalue weighted by Gasteiger charge is -2.18. The lowest BCUT2D eigenvalue weighted by Crippen LogP contribution is -2.34. The molecule has 112 valence electrons. The number of nitrogens with one attached hydrogen (secondary N) is 2. The van der Waals surface area contributed by atoms with Gasteiger partial charge < -0.3 is 10.2 Å². The van der Waals surface area contributed by atoms with E-state index in [1.807, 2.05) is 38.1 Å². The molecule has 21 heavy (non-hydrogen) atoms. The van der Waals surface area contributed by atoms with Gasteiger partial charge in [-0.3, -0.25) is 14.7 Å². The Morgan fingerprint density at radius 2 is 1.95 bits per heavy atom. The highest BCUT2D eigenvalue weighted by molar-refractivity contribution is 6.04. The topological polar surface area (TPSA) is 78.1 Å². The third-order valence-electron chi connectivity index (χ3n) is 3.43. The molecule has 2 aromatic rings. The van der Waals surface area contributed by atoms with E-state index in [-0.39, 0.29) is 11.8 Å². The minimum absolute atomic E-state index is 0.0483. The highest BCUT2D eigenvalue weighted by Gasteiger charge is 2.14. The van der Waals surface area contributed by atoms with Crippen LogP contribution in [0.5, 0.6) is 0 Å². The van der Waals surface area contributed by atoms with Crippen LogP contribution < -0.4 is 5.32 Å². The van der Waals surface area contributed by atoms with Crippen LogP contribution in [0.2, 0.25) is 0 Å². The van der Waals surface area contributed by atoms with Crippen molar-refractivity contribution in [1.82, 2.24) is 20.4 Å². The van der Waals surface area contributed by atoms with Crippen molar-refractivity contribution >= 4 is 22.7 Å². The summed E-state index contributed by atoms with van der Waals surface area (Å²) in [6.45, 7) is 5.57. The molecule has 1 heterocycles. The van der Waals surface area contributed by atoms with Crippen LogP contribution >= 0.6 is 0 Å². The highest BCUT2D eigenvalue weighted by atomic mass is 16.2. The summed E-state index contributed by atoms with van der Waals surface area (Å²) in [7, 11) is 0. The molecule has 0 saturated heterocycles. The van der Waals surface area contributed by atoms with Crippen molar-refractivity contribution in [3.05, 3.63) is 30.0 Å². The third kappa shape index (κ3) is 3.39. The third-order valence-corrected chi connectivity index (χ3v) is 3.43. The molecule has 0 spiro atoms. The Balaban J connectivity index is 1.92.